The van der Waals surface area contributed by atoms with Crippen LogP contribution in [0.3, 0.4) is 0 Å². The fraction of sp³-hybridized carbons (Fsp3) is 0.222. The Balaban J connectivity index is 3.21. The Morgan fingerprint density at radius 2 is 2.11 bits per heavy atom. The van der Waals surface area contributed by atoms with E-state index in [-0.39, 0.29) is 21.2 Å². The van der Waals surface area contributed by atoms with E-state index in [2.05, 4.69) is 0 Å². The molecule has 0 saturated carbocycles. The predicted octanol–water partition coefficient (Wildman–Crippen LogP) is 0.576. The largest absolute Gasteiger partial charge is 0.369 e. The molecule has 0 aliphatic rings. The number of nitro benzene ring substituents is 1. The number of primary amides is 1. The van der Waals surface area contributed by atoms with Crippen molar-refractivity contribution in [1.82, 2.24) is 0 Å². The Labute approximate surface area is 107 Å². The van der Waals surface area contributed by atoms with Gasteiger partial charge in [-0.05, 0) is 12.1 Å². The number of hydrogen-bond donors (Lipinski definition) is 1. The van der Waals surface area contributed by atoms with E-state index in [1.165, 1.54) is 12.1 Å². The van der Waals surface area contributed by atoms with Crippen molar-refractivity contribution >= 4 is 33.2 Å². The van der Waals surface area contributed by atoms with E-state index in [0.29, 0.717) is 0 Å². The van der Waals surface area contributed by atoms with Gasteiger partial charge in [-0.25, -0.2) is 8.42 Å². The fourth-order valence-electron chi connectivity index (χ4n) is 1.14. The zero-order valence-corrected chi connectivity index (χ0v) is 11.0. The minimum Gasteiger partial charge on any atom is -0.369 e. The summed E-state index contributed by atoms with van der Waals surface area (Å²) in [6, 6.07) is 3.52. The van der Waals surface area contributed by atoms with Gasteiger partial charge in [-0.1, -0.05) is 0 Å². The molecule has 0 bridgehead atoms. The van der Waals surface area contributed by atoms with Crippen LogP contribution in [-0.2, 0) is 14.6 Å². The summed E-state index contributed by atoms with van der Waals surface area (Å²) in [6.45, 7) is 0. The molecule has 1 rings (SSSR count). The molecule has 1 amide bonds. The highest BCUT2D eigenvalue weighted by molar-refractivity contribution is 8.00. The topological polar surface area (TPSA) is 120 Å². The molecule has 0 atom stereocenters. The zero-order chi connectivity index (χ0) is 13.9. The van der Waals surface area contributed by atoms with Crippen LogP contribution in [0.4, 0.5) is 5.69 Å². The standard InChI is InChI=1S/C9H10N2O5S2/c1-18(15,16)6-2-3-8(17-5-9(10)12)7(4-6)11(13)14/h2-4H,5H2,1H3,(H2,10,12). The highest BCUT2D eigenvalue weighted by Crippen LogP contribution is 2.31. The highest BCUT2D eigenvalue weighted by atomic mass is 32.2. The highest BCUT2D eigenvalue weighted by Gasteiger charge is 2.19. The number of hydrogen-bond acceptors (Lipinski definition) is 6. The molecule has 1 aromatic rings. The second-order valence-electron chi connectivity index (χ2n) is 3.41. The molecule has 18 heavy (non-hydrogen) atoms. The molecule has 7 nitrogen and oxygen atoms in total. The lowest BCUT2D eigenvalue weighted by molar-refractivity contribution is -0.387. The summed E-state index contributed by atoms with van der Waals surface area (Å²) < 4.78 is 22.6. The maximum absolute atomic E-state index is 11.3. The molecule has 0 spiro atoms. The maximum atomic E-state index is 11.3. The summed E-state index contributed by atoms with van der Waals surface area (Å²) in [5.41, 5.74) is 4.58. The number of carbonyl (C=O) groups excluding carboxylic acids is 1. The van der Waals surface area contributed by atoms with Gasteiger partial charge in [-0.15, -0.1) is 11.8 Å². The van der Waals surface area contributed by atoms with Crippen molar-refractivity contribution in [2.75, 3.05) is 12.0 Å². The Kier molecular flexibility index (Phi) is 4.30. The second kappa shape index (κ2) is 5.36. The summed E-state index contributed by atoms with van der Waals surface area (Å²) in [7, 11) is -3.51. The molecule has 0 fully saturated rings. The van der Waals surface area contributed by atoms with Crippen molar-refractivity contribution < 1.29 is 18.1 Å². The first-order valence-electron chi connectivity index (χ1n) is 4.61. The van der Waals surface area contributed by atoms with E-state index < -0.39 is 20.7 Å². The first-order valence-corrected chi connectivity index (χ1v) is 7.49. The van der Waals surface area contributed by atoms with Crippen LogP contribution in [-0.4, -0.2) is 31.3 Å². The molecule has 0 saturated heterocycles. The van der Waals surface area contributed by atoms with Crippen LogP contribution >= 0.6 is 11.8 Å². The van der Waals surface area contributed by atoms with Gasteiger partial charge in [0.2, 0.25) is 5.91 Å². The van der Waals surface area contributed by atoms with Gasteiger partial charge >= 0.3 is 0 Å². The molecule has 0 heterocycles. The number of rotatable bonds is 5. The summed E-state index contributed by atoms with van der Waals surface area (Å²) in [6.07, 6.45) is 0.961. The SMILES string of the molecule is CS(=O)(=O)c1ccc(SCC(N)=O)c([N+](=O)[O-])c1. The lowest BCUT2D eigenvalue weighted by atomic mass is 10.3. The van der Waals surface area contributed by atoms with Crippen molar-refractivity contribution in [1.29, 1.82) is 0 Å². The zero-order valence-electron chi connectivity index (χ0n) is 9.32. The number of benzene rings is 1. The van der Waals surface area contributed by atoms with Gasteiger partial charge in [-0.3, -0.25) is 14.9 Å². The van der Waals surface area contributed by atoms with Crippen molar-refractivity contribution in [3.63, 3.8) is 0 Å². The number of thioether (sulfide) groups is 1. The van der Waals surface area contributed by atoms with E-state index in [4.69, 9.17) is 5.73 Å². The van der Waals surface area contributed by atoms with Gasteiger partial charge in [0.25, 0.3) is 5.69 Å². The fourth-order valence-corrected chi connectivity index (χ4v) is 2.53. The van der Waals surface area contributed by atoms with Gasteiger partial charge in [0, 0.05) is 12.3 Å². The minimum atomic E-state index is -3.51. The van der Waals surface area contributed by atoms with E-state index in [0.717, 1.165) is 24.1 Å². The molecular weight excluding hydrogens is 280 g/mol. The van der Waals surface area contributed by atoms with Crippen molar-refractivity contribution in [2.45, 2.75) is 9.79 Å². The quantitative estimate of drug-likeness (QED) is 0.481. The van der Waals surface area contributed by atoms with Crippen LogP contribution in [0.1, 0.15) is 0 Å². The molecule has 0 radical (unpaired) electrons. The third-order valence-corrected chi connectivity index (χ3v) is 4.12. The van der Waals surface area contributed by atoms with Crippen LogP contribution in [0.2, 0.25) is 0 Å². The van der Waals surface area contributed by atoms with Gasteiger partial charge in [0.05, 0.1) is 20.5 Å². The lowest BCUT2D eigenvalue weighted by Gasteiger charge is -2.03. The summed E-state index contributed by atoms with van der Waals surface area (Å²) >= 11 is 0.892. The number of carbonyl (C=O) groups is 1. The van der Waals surface area contributed by atoms with Crippen molar-refractivity contribution in [3.05, 3.63) is 28.3 Å². The maximum Gasteiger partial charge on any atom is 0.284 e. The number of nitro groups is 1. The Bertz CT molecular complexity index is 597. The Morgan fingerprint density at radius 3 is 2.56 bits per heavy atom. The molecule has 0 aliphatic carbocycles. The van der Waals surface area contributed by atoms with Crippen LogP contribution in [0, 0.1) is 10.1 Å². The van der Waals surface area contributed by atoms with E-state index in [9.17, 15) is 23.3 Å². The van der Waals surface area contributed by atoms with Crippen LogP contribution in [0.25, 0.3) is 0 Å². The summed E-state index contributed by atoms with van der Waals surface area (Å²) in [4.78, 5) is 20.8. The first-order chi connectivity index (χ1) is 8.21. The molecule has 0 aromatic heterocycles. The lowest BCUT2D eigenvalue weighted by Crippen LogP contribution is -2.13. The van der Waals surface area contributed by atoms with E-state index in [1.54, 1.807) is 0 Å². The molecule has 1 aromatic carbocycles. The summed E-state index contributed by atoms with van der Waals surface area (Å²) in [5.74, 6) is -0.722. The van der Waals surface area contributed by atoms with E-state index >= 15 is 0 Å². The first kappa shape index (κ1) is 14.5. The molecule has 9 heteroatoms. The average Bonchev–Trinajstić information content (AvgIpc) is 2.24. The normalized spacial score (nSPS) is 11.2. The summed E-state index contributed by atoms with van der Waals surface area (Å²) in [5, 5.41) is 10.8. The Morgan fingerprint density at radius 1 is 1.50 bits per heavy atom. The van der Waals surface area contributed by atoms with Crippen molar-refractivity contribution in [2.24, 2.45) is 5.73 Å². The molecule has 98 valence electrons. The number of nitrogens with zero attached hydrogens (tertiary/aromatic N) is 1. The third-order valence-electron chi connectivity index (χ3n) is 1.93. The monoisotopic (exact) mass is 290 g/mol. The predicted molar refractivity (Wildman–Crippen MR) is 66.1 cm³/mol. The van der Waals surface area contributed by atoms with Gasteiger partial charge in [0.15, 0.2) is 9.84 Å². The average molecular weight is 290 g/mol. The number of nitrogens with two attached hydrogens (primary N) is 1. The minimum absolute atomic E-state index is 0.112. The Hall–Kier alpha value is -1.61. The van der Waals surface area contributed by atoms with Gasteiger partial charge < -0.3 is 5.73 Å². The van der Waals surface area contributed by atoms with Crippen LogP contribution in [0.5, 0.6) is 0 Å². The van der Waals surface area contributed by atoms with Crippen LogP contribution < -0.4 is 5.73 Å². The molecule has 0 aliphatic heterocycles. The smallest absolute Gasteiger partial charge is 0.284 e. The second-order valence-corrected chi connectivity index (χ2v) is 6.45. The van der Waals surface area contributed by atoms with E-state index in [1.807, 2.05) is 0 Å². The van der Waals surface area contributed by atoms with Crippen LogP contribution in [0.15, 0.2) is 28.0 Å². The van der Waals surface area contributed by atoms with Gasteiger partial charge in [-0.2, -0.15) is 0 Å². The van der Waals surface area contributed by atoms with Gasteiger partial charge in [0.1, 0.15) is 0 Å². The third kappa shape index (κ3) is 3.70. The number of sulfone groups is 1. The molecule has 0 unspecified atom stereocenters. The van der Waals surface area contributed by atoms with Crippen molar-refractivity contribution in [3.8, 4) is 0 Å². The molecule has 2 N–H and O–H groups in total. The molecular formula is C9H10N2O5S2. The number of amides is 1.